The van der Waals surface area contributed by atoms with Crippen LogP contribution < -0.4 is 10.2 Å². The molecule has 0 bridgehead atoms. The molecule has 2 aliphatic rings. The van der Waals surface area contributed by atoms with Gasteiger partial charge in [-0.25, -0.2) is 0 Å². The third-order valence-corrected chi connectivity index (χ3v) is 6.75. The summed E-state index contributed by atoms with van der Waals surface area (Å²) in [7, 11) is 0. The highest BCUT2D eigenvalue weighted by Gasteiger charge is 2.44. The minimum atomic E-state index is -0.461. The van der Waals surface area contributed by atoms with E-state index in [0.29, 0.717) is 6.61 Å². The van der Waals surface area contributed by atoms with E-state index in [1.54, 1.807) is 0 Å². The van der Waals surface area contributed by atoms with Crippen molar-refractivity contribution in [3.63, 3.8) is 0 Å². The lowest BCUT2D eigenvalue weighted by molar-refractivity contribution is -0.0242. The van der Waals surface area contributed by atoms with Crippen molar-refractivity contribution in [3.8, 4) is 0 Å². The Balaban J connectivity index is 1.68. The number of anilines is 1. The first-order chi connectivity index (χ1) is 13.6. The van der Waals surface area contributed by atoms with Crippen molar-refractivity contribution in [2.24, 2.45) is 0 Å². The molecule has 1 saturated heterocycles. The van der Waals surface area contributed by atoms with Gasteiger partial charge in [-0.3, -0.25) is 0 Å². The van der Waals surface area contributed by atoms with Crippen LogP contribution in [0.3, 0.4) is 0 Å². The fourth-order valence-electron chi connectivity index (χ4n) is 4.24. The molecule has 28 heavy (non-hydrogen) atoms. The van der Waals surface area contributed by atoms with Gasteiger partial charge in [0, 0.05) is 31.9 Å². The summed E-state index contributed by atoms with van der Waals surface area (Å²) in [6, 6.07) is 17.6. The standard InChI is InChI=1S/C24H31ClN2O/c1-3-24(28-18-23(25)12-13-23,22-7-5-4-6-19(22)2)20-8-10-21(11-9-20)27-16-14-26-15-17-27/h4-11,26H,3,12-18H2,1-2H3. The summed E-state index contributed by atoms with van der Waals surface area (Å²) in [5.41, 5.74) is 4.54. The topological polar surface area (TPSA) is 24.5 Å². The lowest BCUT2D eigenvalue weighted by Gasteiger charge is -2.37. The Bertz CT molecular complexity index is 797. The Morgan fingerprint density at radius 3 is 2.36 bits per heavy atom. The summed E-state index contributed by atoms with van der Waals surface area (Å²) in [6.45, 7) is 9.19. The van der Waals surface area contributed by atoms with Crippen LogP contribution in [0.2, 0.25) is 0 Å². The van der Waals surface area contributed by atoms with Crippen LogP contribution in [0.5, 0.6) is 0 Å². The Kier molecular flexibility index (Phi) is 5.69. The average Bonchev–Trinajstić information content (AvgIpc) is 3.48. The van der Waals surface area contributed by atoms with Crippen LogP contribution in [-0.2, 0) is 10.3 Å². The zero-order valence-corrected chi connectivity index (χ0v) is 17.8. The molecule has 0 amide bonds. The van der Waals surface area contributed by atoms with E-state index in [1.165, 1.54) is 22.4 Å². The van der Waals surface area contributed by atoms with Crippen molar-refractivity contribution in [1.29, 1.82) is 0 Å². The van der Waals surface area contributed by atoms with Gasteiger partial charge in [0.2, 0.25) is 0 Å². The zero-order valence-electron chi connectivity index (χ0n) is 17.0. The molecule has 0 spiro atoms. The quantitative estimate of drug-likeness (QED) is 0.675. The second-order valence-corrected chi connectivity index (χ2v) is 9.02. The van der Waals surface area contributed by atoms with Crippen molar-refractivity contribution >= 4 is 17.3 Å². The molecule has 1 saturated carbocycles. The summed E-state index contributed by atoms with van der Waals surface area (Å²) >= 11 is 6.61. The number of halogens is 1. The molecular formula is C24H31ClN2O. The molecule has 1 aliphatic carbocycles. The highest BCUT2D eigenvalue weighted by atomic mass is 35.5. The molecular weight excluding hydrogens is 368 g/mol. The van der Waals surface area contributed by atoms with Gasteiger partial charge in [0.25, 0.3) is 0 Å². The van der Waals surface area contributed by atoms with E-state index in [4.69, 9.17) is 16.3 Å². The summed E-state index contributed by atoms with van der Waals surface area (Å²) in [6.07, 6.45) is 2.96. The molecule has 2 aromatic carbocycles. The van der Waals surface area contributed by atoms with Crippen molar-refractivity contribution in [2.75, 3.05) is 37.7 Å². The van der Waals surface area contributed by atoms with Crippen LogP contribution >= 0.6 is 11.6 Å². The summed E-state index contributed by atoms with van der Waals surface area (Å²) < 4.78 is 6.69. The van der Waals surface area contributed by atoms with Gasteiger partial charge in [0.1, 0.15) is 5.60 Å². The maximum absolute atomic E-state index is 6.69. The fourth-order valence-corrected chi connectivity index (χ4v) is 4.39. The van der Waals surface area contributed by atoms with Crippen LogP contribution in [-0.4, -0.2) is 37.7 Å². The van der Waals surface area contributed by atoms with E-state index in [9.17, 15) is 0 Å². The number of ether oxygens (including phenoxy) is 1. The number of alkyl halides is 1. The molecule has 1 aliphatic heterocycles. The average molecular weight is 399 g/mol. The molecule has 3 nitrogen and oxygen atoms in total. The molecule has 1 N–H and O–H groups in total. The van der Waals surface area contributed by atoms with Crippen molar-refractivity contribution in [1.82, 2.24) is 5.32 Å². The first-order valence-corrected chi connectivity index (χ1v) is 10.9. The predicted octanol–water partition coefficient (Wildman–Crippen LogP) is 4.85. The number of benzene rings is 2. The molecule has 4 heteroatoms. The van der Waals surface area contributed by atoms with Gasteiger partial charge in [-0.15, -0.1) is 11.6 Å². The van der Waals surface area contributed by atoms with Crippen molar-refractivity contribution in [2.45, 2.75) is 43.6 Å². The summed E-state index contributed by atoms with van der Waals surface area (Å²) in [5, 5.41) is 3.42. The van der Waals surface area contributed by atoms with Gasteiger partial charge in [-0.2, -0.15) is 0 Å². The number of nitrogens with zero attached hydrogens (tertiary/aromatic N) is 1. The molecule has 0 radical (unpaired) electrons. The minimum Gasteiger partial charge on any atom is -0.369 e. The Morgan fingerprint density at radius 1 is 1.07 bits per heavy atom. The number of piperazine rings is 1. The van der Waals surface area contributed by atoms with E-state index < -0.39 is 5.60 Å². The van der Waals surface area contributed by atoms with Gasteiger partial charge >= 0.3 is 0 Å². The van der Waals surface area contributed by atoms with Crippen molar-refractivity contribution in [3.05, 3.63) is 65.2 Å². The first-order valence-electron chi connectivity index (χ1n) is 10.5. The zero-order chi connectivity index (χ0) is 19.6. The van der Waals surface area contributed by atoms with Crippen LogP contribution in [0.1, 0.15) is 42.9 Å². The lowest BCUT2D eigenvalue weighted by Crippen LogP contribution is -2.43. The molecule has 0 aromatic heterocycles. The SMILES string of the molecule is CCC(OCC1(Cl)CC1)(c1ccc(N2CCNCC2)cc1)c1ccccc1C. The Hall–Kier alpha value is -1.55. The van der Waals surface area contributed by atoms with Gasteiger partial charge in [0.15, 0.2) is 0 Å². The highest BCUT2D eigenvalue weighted by molar-refractivity contribution is 6.26. The van der Waals surface area contributed by atoms with Gasteiger partial charge < -0.3 is 15.0 Å². The molecule has 1 unspecified atom stereocenters. The summed E-state index contributed by atoms with van der Waals surface area (Å²) in [5.74, 6) is 0. The second-order valence-electron chi connectivity index (χ2n) is 8.22. The molecule has 1 atom stereocenters. The van der Waals surface area contributed by atoms with Crippen LogP contribution in [0.15, 0.2) is 48.5 Å². The number of hydrogen-bond donors (Lipinski definition) is 1. The first kappa shape index (κ1) is 19.8. The van der Waals surface area contributed by atoms with E-state index in [-0.39, 0.29) is 4.87 Å². The number of hydrogen-bond acceptors (Lipinski definition) is 3. The second kappa shape index (κ2) is 8.06. The van der Waals surface area contributed by atoms with E-state index in [1.807, 2.05) is 0 Å². The lowest BCUT2D eigenvalue weighted by atomic mass is 9.81. The smallest absolute Gasteiger partial charge is 0.118 e. The van der Waals surface area contributed by atoms with Gasteiger partial charge in [-0.05, 0) is 55.0 Å². The van der Waals surface area contributed by atoms with Crippen LogP contribution in [0.4, 0.5) is 5.69 Å². The summed E-state index contributed by atoms with van der Waals surface area (Å²) in [4.78, 5) is 2.28. The van der Waals surface area contributed by atoms with Gasteiger partial charge in [0.05, 0.1) is 11.5 Å². The third-order valence-electron chi connectivity index (χ3n) is 6.26. The predicted molar refractivity (Wildman–Crippen MR) is 118 cm³/mol. The van der Waals surface area contributed by atoms with Gasteiger partial charge in [-0.1, -0.05) is 43.3 Å². The molecule has 2 fully saturated rings. The number of rotatable bonds is 7. The van der Waals surface area contributed by atoms with E-state index in [0.717, 1.165) is 45.4 Å². The normalized spacial score (nSPS) is 20.6. The molecule has 1 heterocycles. The maximum Gasteiger partial charge on any atom is 0.118 e. The third kappa shape index (κ3) is 3.94. The largest absolute Gasteiger partial charge is 0.369 e. The monoisotopic (exact) mass is 398 g/mol. The van der Waals surface area contributed by atoms with Crippen LogP contribution in [0.25, 0.3) is 0 Å². The van der Waals surface area contributed by atoms with Crippen LogP contribution in [0, 0.1) is 6.92 Å². The van der Waals surface area contributed by atoms with E-state index in [2.05, 4.69) is 72.6 Å². The highest BCUT2D eigenvalue weighted by Crippen LogP contribution is 2.46. The molecule has 150 valence electrons. The number of nitrogens with one attached hydrogen (secondary N) is 1. The minimum absolute atomic E-state index is 0.163. The molecule has 4 rings (SSSR count). The fraction of sp³-hybridized carbons (Fsp3) is 0.500. The Morgan fingerprint density at radius 2 is 1.75 bits per heavy atom. The van der Waals surface area contributed by atoms with Crippen molar-refractivity contribution < 1.29 is 4.74 Å². The Labute approximate surface area is 174 Å². The van der Waals surface area contributed by atoms with E-state index >= 15 is 0 Å². The number of aryl methyl sites for hydroxylation is 1. The maximum atomic E-state index is 6.69. The molecule has 2 aromatic rings.